The minimum atomic E-state index is -6.38. The number of hydrogen-bond donors (Lipinski definition) is 10. The van der Waals surface area contributed by atoms with Gasteiger partial charge < -0.3 is 76.8 Å². The van der Waals surface area contributed by atoms with Gasteiger partial charge in [-0.1, -0.05) is 39.1 Å². The number of aliphatic carboxylic acids is 2. The molecular formula is C78H58F12N6O23. The Morgan fingerprint density at radius 3 is 1.00 bits per heavy atom. The second kappa shape index (κ2) is 37.7. The molecule has 8 aromatic carbocycles. The fraction of sp³-hybridized carbons (Fsp3) is 0.128. The summed E-state index contributed by atoms with van der Waals surface area (Å²) in [6.45, 7) is -1.03. The zero-order chi connectivity index (χ0) is 86.4. The van der Waals surface area contributed by atoms with E-state index < -0.39 is 199 Å². The van der Waals surface area contributed by atoms with Gasteiger partial charge in [0.05, 0.1) is 44.5 Å². The van der Waals surface area contributed by atoms with Crippen molar-refractivity contribution in [3.05, 3.63) is 273 Å². The van der Waals surface area contributed by atoms with Crippen LogP contribution in [0.15, 0.2) is 206 Å². The normalized spacial score (nSPS) is 12.8. The van der Waals surface area contributed by atoms with Crippen LogP contribution in [0.2, 0.25) is 0 Å². The van der Waals surface area contributed by atoms with Crippen LogP contribution in [-0.4, -0.2) is 142 Å². The fourth-order valence-corrected chi connectivity index (χ4v) is 11.0. The zero-order valence-electron chi connectivity index (χ0n) is 58.3. The smallest absolute Gasteiger partial charge is 0.411 e. The Kier molecular flexibility index (Phi) is 29.2. The van der Waals surface area contributed by atoms with Crippen molar-refractivity contribution in [2.45, 2.75) is 50.4 Å². The largest absolute Gasteiger partial charge is 0.478 e. The first-order chi connectivity index (χ1) is 54.7. The molecule has 3 heterocycles. The van der Waals surface area contributed by atoms with Crippen LogP contribution in [0.3, 0.4) is 0 Å². The maximum Gasteiger partial charge on any atom is 0.411 e. The van der Waals surface area contributed by atoms with Gasteiger partial charge in [0, 0.05) is 72.3 Å². The molecule has 4 amide bonds. The number of carboxylic acid groups (broad SMARTS) is 4. The van der Waals surface area contributed by atoms with Gasteiger partial charge in [0.15, 0.2) is 0 Å². The number of nitrogens with two attached hydrogens (primary N) is 2. The van der Waals surface area contributed by atoms with Crippen LogP contribution in [0, 0.1) is 0 Å². The number of hydrogen-bond acceptors (Lipinski definition) is 21. The van der Waals surface area contributed by atoms with Crippen molar-refractivity contribution >= 4 is 106 Å². The number of carbonyl (C=O) groups excluding carboxylic acids is 10. The molecule has 0 spiro atoms. The van der Waals surface area contributed by atoms with Crippen molar-refractivity contribution in [2.75, 3.05) is 35.2 Å². The summed E-state index contributed by atoms with van der Waals surface area (Å²) in [6.07, 6.45) is -20.1. The highest BCUT2D eigenvalue weighted by Crippen LogP contribution is 2.59. The molecule has 12 N–H and O–H groups in total. The topological polar surface area (TPSA) is 466 Å². The number of alkyl halides is 12. The lowest BCUT2D eigenvalue weighted by Crippen LogP contribution is -2.55. The molecule has 0 atom stereocenters. The number of carbonyl (C=O) groups is 14. The average molecular weight is 1680 g/mol. The van der Waals surface area contributed by atoms with E-state index in [0.29, 0.717) is 54.6 Å². The third-order valence-corrected chi connectivity index (χ3v) is 16.2. The van der Waals surface area contributed by atoms with Gasteiger partial charge in [-0.05, 0) is 168 Å². The number of halogens is 12. The fourth-order valence-electron chi connectivity index (χ4n) is 11.0. The predicted octanol–water partition coefficient (Wildman–Crippen LogP) is 12.9. The molecule has 0 unspecified atom stereocenters. The monoisotopic (exact) mass is 1670 g/mol. The zero-order valence-corrected chi connectivity index (χ0v) is 58.3. The van der Waals surface area contributed by atoms with Crippen LogP contribution in [0.4, 0.5) is 75.4 Å². The Morgan fingerprint density at radius 1 is 0.353 bits per heavy atom. The number of nitrogen functional groups attached to an aromatic ring is 2. The molecule has 622 valence electrons. The molecular weight excluding hydrogens is 1620 g/mol. The van der Waals surface area contributed by atoms with Crippen LogP contribution in [0.1, 0.15) is 120 Å². The van der Waals surface area contributed by atoms with Crippen molar-refractivity contribution in [3.8, 4) is 23.0 Å². The van der Waals surface area contributed by atoms with E-state index in [1.165, 1.54) is 48.5 Å². The first-order valence-electron chi connectivity index (χ1n) is 32.3. The third-order valence-electron chi connectivity index (χ3n) is 16.2. The van der Waals surface area contributed by atoms with E-state index in [4.69, 9.17) is 31.2 Å². The maximum atomic E-state index is 15.2. The lowest BCUT2D eigenvalue weighted by atomic mass is 9.71. The quantitative estimate of drug-likeness (QED) is 0.00607. The molecule has 11 rings (SSSR count). The van der Waals surface area contributed by atoms with E-state index in [0.717, 1.165) is 41.1 Å². The molecule has 8 aromatic rings. The van der Waals surface area contributed by atoms with E-state index in [9.17, 15) is 104 Å². The van der Waals surface area contributed by atoms with Crippen LogP contribution in [-0.2, 0) is 53.8 Å². The number of esters is 6. The number of benzene rings is 8. The number of rotatable bonds is 21. The molecule has 3 aliphatic heterocycles. The molecule has 0 aliphatic carbocycles. The summed E-state index contributed by atoms with van der Waals surface area (Å²) in [4.78, 5) is 162. The van der Waals surface area contributed by atoms with Crippen LogP contribution in [0.5, 0.6) is 23.0 Å². The van der Waals surface area contributed by atoms with Crippen molar-refractivity contribution in [1.29, 1.82) is 0 Å². The first-order valence-corrected chi connectivity index (χ1v) is 32.3. The standard InChI is InChI=1S/C41H30F6N4O13.C19H6F6O6.C12H12N2O.C4H2O3.2CH4/c42-40(43,44)39(41(45,46)47,21-1-11-27(37(60)61)29(19-21)35(58)49-18-17-48-31(52)13-15-33(54)55)22-2-12-28(38(62)63)30(20-22)36(59)51-24-5-9-26(10-6-24)64-25-7-3-23(4-8-25)50-32(53)14-16-34(56)57;20-18(21,22)17(19(23,24)25,7-1-3-9-11(5-7)15(28)30-13(9)26)8-2-4-10-12(6-8)16(29)31-14(10)27;13-9-1-5-11(6-2-9)15-12-7-3-10(14)4-8-12;5-3-1-2-4(6)7-3;;/h1-16,19-20H,17-18H2,(H,48,52)(H,49,58)(H,50,53)(H,51,59)(H,54,55)(H,56,57)(H,60,61)(H,62,63);1-6H;1-8H,13-14H2;1-2H;2*1H4/b15-13-,16-14-;;;;;. The summed E-state index contributed by atoms with van der Waals surface area (Å²) in [6, 6.07) is 28.7. The molecule has 3 aliphatic rings. The van der Waals surface area contributed by atoms with Crippen molar-refractivity contribution in [1.82, 2.24) is 10.6 Å². The molecule has 29 nitrogen and oxygen atoms in total. The summed E-state index contributed by atoms with van der Waals surface area (Å²) in [7, 11) is 0. The van der Waals surface area contributed by atoms with E-state index in [1.54, 1.807) is 24.3 Å². The summed E-state index contributed by atoms with van der Waals surface area (Å²) < 4.78 is 200. The second-order valence-corrected chi connectivity index (χ2v) is 23.8. The lowest BCUT2D eigenvalue weighted by Gasteiger charge is -2.38. The molecule has 119 heavy (non-hydrogen) atoms. The van der Waals surface area contributed by atoms with Gasteiger partial charge in [0.25, 0.3) is 11.8 Å². The van der Waals surface area contributed by atoms with Gasteiger partial charge in [-0.25, -0.2) is 47.9 Å². The van der Waals surface area contributed by atoms with Crippen LogP contribution >= 0.6 is 0 Å². The van der Waals surface area contributed by atoms with Gasteiger partial charge in [0.2, 0.25) is 22.6 Å². The third kappa shape index (κ3) is 21.7. The Hall–Kier alpha value is -15.5. The minimum absolute atomic E-state index is 0. The number of carboxylic acids is 4. The van der Waals surface area contributed by atoms with E-state index >= 15 is 26.3 Å². The van der Waals surface area contributed by atoms with E-state index in [2.05, 4.69) is 30.2 Å². The molecule has 0 saturated carbocycles. The number of amides is 4. The molecule has 41 heteroatoms. The first kappa shape index (κ1) is 92.4. The maximum absolute atomic E-state index is 15.2. The lowest BCUT2D eigenvalue weighted by molar-refractivity contribution is -0.290. The van der Waals surface area contributed by atoms with Gasteiger partial charge in [-0.3, -0.25) is 19.2 Å². The number of ether oxygens (including phenoxy) is 5. The molecule has 0 bridgehead atoms. The number of cyclic esters (lactones) is 6. The Bertz CT molecular complexity index is 5250. The van der Waals surface area contributed by atoms with Crippen molar-refractivity contribution in [2.24, 2.45) is 0 Å². The summed E-state index contributed by atoms with van der Waals surface area (Å²) >= 11 is 0. The van der Waals surface area contributed by atoms with Gasteiger partial charge in [-0.2, -0.15) is 52.7 Å². The van der Waals surface area contributed by atoms with Crippen molar-refractivity contribution in [3.63, 3.8) is 0 Å². The van der Waals surface area contributed by atoms with Gasteiger partial charge in [0.1, 0.15) is 23.0 Å². The number of fused-ring (bicyclic) bond motifs is 2. The Balaban J connectivity index is 0.000000323. The van der Waals surface area contributed by atoms with E-state index in [-0.39, 0.29) is 74.1 Å². The van der Waals surface area contributed by atoms with Crippen LogP contribution in [0.25, 0.3) is 0 Å². The van der Waals surface area contributed by atoms with E-state index in [1.807, 2.05) is 29.6 Å². The Labute approximate surface area is 660 Å². The summed E-state index contributed by atoms with van der Waals surface area (Å²) in [5, 5.41) is 45.4. The number of aromatic carboxylic acids is 2. The van der Waals surface area contributed by atoms with Crippen LogP contribution < -0.4 is 42.2 Å². The second-order valence-electron chi connectivity index (χ2n) is 23.8. The molecule has 0 fully saturated rings. The van der Waals surface area contributed by atoms with Gasteiger partial charge in [-0.15, -0.1) is 0 Å². The average Bonchev–Trinajstić information content (AvgIpc) is 1.12. The summed E-state index contributed by atoms with van der Waals surface area (Å²) in [5.74, 6) is -15.9. The number of anilines is 4. The molecule has 0 radical (unpaired) electrons. The predicted molar refractivity (Wildman–Crippen MR) is 389 cm³/mol. The SMILES string of the molecule is C.C.Nc1ccc(Oc2ccc(N)cc2)cc1.O=C(O)/C=C\C(=O)NCCNC(=O)c1cc(C(c2ccc(C(=O)O)c(C(=O)Nc3ccc(Oc4ccc(NC(=O)/C=C\C(=O)O)cc4)cc3)c2)(C(F)(F)F)C(F)(F)F)ccc1C(=O)O.O=C1C=CC(=O)O1.O=C1OC(=O)c2cc(C(c3ccc4c(c3)C(=O)OC4=O)(C(F)(F)F)C(F)(F)F)ccc21. The van der Waals surface area contributed by atoms with Gasteiger partial charge >= 0.3 is 84.4 Å². The summed E-state index contributed by atoms with van der Waals surface area (Å²) in [5.41, 5.74) is -10.5. The highest BCUT2D eigenvalue weighted by atomic mass is 19.4. The highest BCUT2D eigenvalue weighted by molar-refractivity contribution is 6.16. The van der Waals surface area contributed by atoms with Crippen molar-refractivity contribution < 1.29 is 164 Å². The number of nitrogens with one attached hydrogen (secondary N) is 4. The Morgan fingerprint density at radius 2 is 0.664 bits per heavy atom. The molecule has 0 aromatic heterocycles. The highest BCUT2D eigenvalue weighted by Gasteiger charge is 2.74. The molecule has 0 saturated heterocycles. The minimum Gasteiger partial charge on any atom is -0.478 e.